The fourth-order valence-electron chi connectivity index (χ4n) is 3.12. The molecule has 0 saturated heterocycles. The number of anilines is 1. The average molecular weight is 400 g/mol. The van der Waals surface area contributed by atoms with Gasteiger partial charge < -0.3 is 5.32 Å². The molecule has 0 bridgehead atoms. The van der Waals surface area contributed by atoms with E-state index in [2.05, 4.69) is 15.3 Å². The smallest absolute Gasteiger partial charge is 0.270 e. The minimum atomic E-state index is -0.437. The molecule has 2 rings (SSSR count). The van der Waals surface area contributed by atoms with Crippen molar-refractivity contribution in [1.82, 2.24) is 15.3 Å². The van der Waals surface area contributed by atoms with E-state index >= 15 is 0 Å². The number of pyridine rings is 2. The van der Waals surface area contributed by atoms with Crippen LogP contribution in [0.15, 0.2) is 36.5 Å². The molecule has 6 nitrogen and oxygen atoms in total. The molecule has 0 fully saturated rings. The van der Waals surface area contributed by atoms with Gasteiger partial charge in [0, 0.05) is 24.7 Å². The van der Waals surface area contributed by atoms with Gasteiger partial charge in [-0.15, -0.1) is 0 Å². The molecule has 0 radical (unpaired) electrons. The molecule has 29 heavy (non-hydrogen) atoms. The van der Waals surface area contributed by atoms with Crippen LogP contribution < -0.4 is 10.2 Å². The van der Waals surface area contributed by atoms with E-state index in [0.29, 0.717) is 24.5 Å². The summed E-state index contributed by atoms with van der Waals surface area (Å²) in [6, 6.07) is 8.01. The van der Waals surface area contributed by atoms with Gasteiger partial charge in [-0.05, 0) is 50.5 Å². The third-order valence-corrected chi connectivity index (χ3v) is 4.54. The summed E-state index contributed by atoms with van der Waals surface area (Å²) in [5, 5.41) is 3.00. The lowest BCUT2D eigenvalue weighted by molar-refractivity contribution is -0.118. The first kappa shape index (κ1) is 22.5. The third-order valence-electron chi connectivity index (χ3n) is 4.54. The van der Waals surface area contributed by atoms with E-state index in [-0.39, 0.29) is 24.3 Å². The van der Waals surface area contributed by atoms with E-state index in [9.17, 15) is 14.0 Å². The van der Waals surface area contributed by atoms with Crippen LogP contribution in [0.1, 0.15) is 62.1 Å². The van der Waals surface area contributed by atoms with Crippen LogP contribution in [0.2, 0.25) is 0 Å². The zero-order valence-electron chi connectivity index (χ0n) is 17.3. The SMILES string of the molecule is CCC[C@H](CCC(=O)N(CCC)c1ccc(F)cn1)NC(=O)c1cccc(C)n1. The van der Waals surface area contributed by atoms with Gasteiger partial charge in [0.2, 0.25) is 5.91 Å². The molecule has 2 aromatic heterocycles. The van der Waals surface area contributed by atoms with Crippen molar-refractivity contribution in [2.24, 2.45) is 0 Å². The number of hydrogen-bond acceptors (Lipinski definition) is 4. The molecule has 0 aliphatic rings. The summed E-state index contributed by atoms with van der Waals surface area (Å²) in [7, 11) is 0. The molecule has 7 heteroatoms. The van der Waals surface area contributed by atoms with Crippen molar-refractivity contribution >= 4 is 17.6 Å². The summed E-state index contributed by atoms with van der Waals surface area (Å²) in [5.74, 6) is -0.313. The van der Waals surface area contributed by atoms with Crippen LogP contribution in [-0.4, -0.2) is 34.4 Å². The Kier molecular flexibility index (Phi) is 8.70. The number of carbonyl (C=O) groups excluding carboxylic acids is 2. The topological polar surface area (TPSA) is 75.2 Å². The summed E-state index contributed by atoms with van der Waals surface area (Å²) in [6.07, 6.45) is 4.32. The highest BCUT2D eigenvalue weighted by atomic mass is 19.1. The average Bonchev–Trinajstić information content (AvgIpc) is 2.71. The van der Waals surface area contributed by atoms with E-state index in [1.165, 1.54) is 12.1 Å². The quantitative estimate of drug-likeness (QED) is 0.653. The lowest BCUT2D eigenvalue weighted by Crippen LogP contribution is -2.38. The monoisotopic (exact) mass is 400 g/mol. The molecule has 0 saturated carbocycles. The Morgan fingerprint density at radius 3 is 2.55 bits per heavy atom. The maximum absolute atomic E-state index is 13.2. The lowest BCUT2D eigenvalue weighted by Gasteiger charge is -2.23. The summed E-state index contributed by atoms with van der Waals surface area (Å²) in [6.45, 7) is 6.36. The van der Waals surface area contributed by atoms with Crippen molar-refractivity contribution in [2.45, 2.75) is 58.9 Å². The number of aryl methyl sites for hydroxylation is 1. The molecule has 0 unspecified atom stereocenters. The second-order valence-corrected chi connectivity index (χ2v) is 7.04. The maximum atomic E-state index is 13.2. The highest BCUT2D eigenvalue weighted by Gasteiger charge is 2.20. The van der Waals surface area contributed by atoms with E-state index in [1.54, 1.807) is 17.0 Å². The molecule has 0 spiro atoms. The summed E-state index contributed by atoms with van der Waals surface area (Å²) in [4.78, 5) is 35.2. The van der Waals surface area contributed by atoms with Gasteiger partial charge in [0.1, 0.15) is 17.3 Å². The van der Waals surface area contributed by atoms with Crippen LogP contribution in [0, 0.1) is 12.7 Å². The normalized spacial score (nSPS) is 11.7. The second-order valence-electron chi connectivity index (χ2n) is 7.04. The Bertz CT molecular complexity index is 811. The molecule has 0 aromatic carbocycles. The Hall–Kier alpha value is -2.83. The number of aromatic nitrogens is 2. The number of halogens is 1. The third kappa shape index (κ3) is 6.93. The van der Waals surface area contributed by atoms with Crippen LogP contribution in [-0.2, 0) is 4.79 Å². The molecular weight excluding hydrogens is 371 g/mol. The van der Waals surface area contributed by atoms with Crippen LogP contribution in [0.5, 0.6) is 0 Å². The molecule has 2 amide bonds. The molecular formula is C22H29FN4O2. The van der Waals surface area contributed by atoms with Gasteiger partial charge in [-0.3, -0.25) is 14.5 Å². The predicted octanol–water partition coefficient (Wildman–Crippen LogP) is 4.05. The number of rotatable bonds is 10. The Labute approximate surface area is 171 Å². The zero-order chi connectivity index (χ0) is 21.2. The number of carbonyl (C=O) groups is 2. The van der Waals surface area contributed by atoms with Crippen molar-refractivity contribution in [3.05, 3.63) is 53.7 Å². The van der Waals surface area contributed by atoms with Gasteiger partial charge in [0.05, 0.1) is 6.20 Å². The van der Waals surface area contributed by atoms with Crippen molar-refractivity contribution < 1.29 is 14.0 Å². The molecule has 0 aliphatic carbocycles. The number of amides is 2. The van der Waals surface area contributed by atoms with E-state index in [0.717, 1.165) is 31.2 Å². The van der Waals surface area contributed by atoms with Crippen LogP contribution >= 0.6 is 0 Å². The van der Waals surface area contributed by atoms with Gasteiger partial charge in [-0.1, -0.05) is 26.3 Å². The zero-order valence-corrected chi connectivity index (χ0v) is 17.3. The Balaban J connectivity index is 2.00. The van der Waals surface area contributed by atoms with Crippen LogP contribution in [0.3, 0.4) is 0 Å². The first-order valence-corrected chi connectivity index (χ1v) is 10.1. The van der Waals surface area contributed by atoms with Crippen LogP contribution in [0.25, 0.3) is 0 Å². The fraction of sp³-hybridized carbons (Fsp3) is 0.455. The number of nitrogens with zero attached hydrogens (tertiary/aromatic N) is 3. The van der Waals surface area contributed by atoms with Gasteiger partial charge in [0.15, 0.2) is 0 Å². The minimum Gasteiger partial charge on any atom is -0.348 e. The van der Waals surface area contributed by atoms with Gasteiger partial charge in [-0.25, -0.2) is 14.4 Å². The highest BCUT2D eigenvalue weighted by Crippen LogP contribution is 2.15. The Morgan fingerprint density at radius 2 is 1.93 bits per heavy atom. The molecule has 2 aromatic rings. The molecule has 0 aliphatic heterocycles. The van der Waals surface area contributed by atoms with E-state index in [4.69, 9.17) is 0 Å². The summed E-state index contributed by atoms with van der Waals surface area (Å²) >= 11 is 0. The first-order valence-electron chi connectivity index (χ1n) is 10.1. The highest BCUT2D eigenvalue weighted by molar-refractivity contribution is 5.93. The van der Waals surface area contributed by atoms with Crippen molar-refractivity contribution in [3.63, 3.8) is 0 Å². The fourth-order valence-corrected chi connectivity index (χ4v) is 3.12. The molecule has 2 heterocycles. The van der Waals surface area contributed by atoms with Gasteiger partial charge >= 0.3 is 0 Å². The standard InChI is InChI=1S/C22H29FN4O2/c1-4-7-18(26-22(29)19-9-6-8-16(3)25-19)11-13-21(28)27(14-5-2)20-12-10-17(23)15-24-20/h6,8-10,12,15,18H,4-5,7,11,13-14H2,1-3H3,(H,26,29)/t18-/m1/s1. The van der Waals surface area contributed by atoms with E-state index < -0.39 is 5.82 Å². The lowest BCUT2D eigenvalue weighted by atomic mass is 10.1. The van der Waals surface area contributed by atoms with Crippen molar-refractivity contribution in [2.75, 3.05) is 11.4 Å². The maximum Gasteiger partial charge on any atom is 0.270 e. The first-order chi connectivity index (χ1) is 13.9. The van der Waals surface area contributed by atoms with Gasteiger partial charge in [0.25, 0.3) is 5.91 Å². The van der Waals surface area contributed by atoms with Gasteiger partial charge in [-0.2, -0.15) is 0 Å². The molecule has 156 valence electrons. The van der Waals surface area contributed by atoms with Crippen molar-refractivity contribution in [1.29, 1.82) is 0 Å². The van der Waals surface area contributed by atoms with E-state index in [1.807, 2.05) is 26.8 Å². The van der Waals surface area contributed by atoms with Crippen LogP contribution in [0.4, 0.5) is 10.2 Å². The number of nitrogens with one attached hydrogen (secondary N) is 1. The minimum absolute atomic E-state index is 0.0880. The predicted molar refractivity (Wildman–Crippen MR) is 111 cm³/mol. The second kappa shape index (κ2) is 11.2. The number of hydrogen-bond donors (Lipinski definition) is 1. The van der Waals surface area contributed by atoms with Crippen molar-refractivity contribution in [3.8, 4) is 0 Å². The molecule has 1 atom stereocenters. The molecule has 1 N–H and O–H groups in total. The largest absolute Gasteiger partial charge is 0.348 e. The summed E-state index contributed by atoms with van der Waals surface area (Å²) in [5.41, 5.74) is 1.16. The Morgan fingerprint density at radius 1 is 1.14 bits per heavy atom. The summed E-state index contributed by atoms with van der Waals surface area (Å²) < 4.78 is 13.2.